The summed E-state index contributed by atoms with van der Waals surface area (Å²) in [6, 6.07) is -1.39. The molecule has 0 fully saturated rings. The maximum absolute atomic E-state index is 10.7. The van der Waals surface area contributed by atoms with Crippen LogP contribution in [0, 0.1) is 0 Å². The zero-order valence-corrected chi connectivity index (χ0v) is 8.37. The molecule has 0 aromatic carbocycles. The predicted molar refractivity (Wildman–Crippen MR) is 55.3 cm³/mol. The van der Waals surface area contributed by atoms with Gasteiger partial charge in [0.05, 0.1) is 0 Å². The number of carboxylic acids is 2. The van der Waals surface area contributed by atoms with Gasteiger partial charge in [0.25, 0.3) is 0 Å². The first-order chi connectivity index (χ1) is 7.56. The lowest BCUT2D eigenvalue weighted by Crippen LogP contribution is -2.36. The minimum Gasteiger partial charge on any atom is -0.480 e. The highest BCUT2D eigenvalue weighted by Gasteiger charge is 2.40. The Hall–Kier alpha value is -2.11. The second-order valence-electron chi connectivity index (χ2n) is 3.05. The van der Waals surface area contributed by atoms with Crippen LogP contribution in [0.25, 0.3) is 0 Å². The minimum atomic E-state index is -1.46. The van der Waals surface area contributed by atoms with Crippen LogP contribution in [0.2, 0.25) is 0 Å². The Morgan fingerprint density at radius 1 is 1.44 bits per heavy atom. The lowest BCUT2D eigenvalue weighted by atomic mass is 10.2. The van der Waals surface area contributed by atoms with E-state index in [1.165, 1.54) is 6.08 Å². The van der Waals surface area contributed by atoms with E-state index in [1.54, 1.807) is 12.2 Å². The highest BCUT2D eigenvalue weighted by Crippen LogP contribution is 2.15. The molecule has 0 saturated carbocycles. The van der Waals surface area contributed by atoms with E-state index in [0.717, 1.165) is 0 Å². The van der Waals surface area contributed by atoms with Gasteiger partial charge in [-0.25, -0.2) is 14.6 Å². The van der Waals surface area contributed by atoms with Gasteiger partial charge in [-0.05, 0) is 12.5 Å². The van der Waals surface area contributed by atoms with Crippen LogP contribution in [0.4, 0.5) is 0 Å². The Labute approximate surface area is 91.6 Å². The van der Waals surface area contributed by atoms with Crippen LogP contribution in [0.15, 0.2) is 29.8 Å². The van der Waals surface area contributed by atoms with Gasteiger partial charge in [-0.1, -0.05) is 12.2 Å². The van der Waals surface area contributed by atoms with Gasteiger partial charge in [0.15, 0.2) is 6.04 Å². The van der Waals surface area contributed by atoms with Crippen molar-refractivity contribution in [2.75, 3.05) is 0 Å². The molecule has 1 heterocycles. The van der Waals surface area contributed by atoms with Gasteiger partial charge in [-0.15, -0.1) is 6.58 Å². The average molecular weight is 225 g/mol. The van der Waals surface area contributed by atoms with E-state index in [1.807, 2.05) is 0 Å². The summed E-state index contributed by atoms with van der Waals surface area (Å²) < 4.78 is 4.89. The maximum Gasteiger partial charge on any atom is 0.347 e. The summed E-state index contributed by atoms with van der Waals surface area (Å²) in [4.78, 5) is 25.0. The topological polar surface area (TPSA) is 96.2 Å². The molecule has 2 N–H and O–H groups in total. The quantitative estimate of drug-likeness (QED) is 0.662. The van der Waals surface area contributed by atoms with Crippen LogP contribution in [0.5, 0.6) is 0 Å². The van der Waals surface area contributed by atoms with Crippen molar-refractivity contribution in [1.82, 2.24) is 0 Å². The van der Waals surface area contributed by atoms with Crippen molar-refractivity contribution in [2.45, 2.75) is 18.6 Å². The second-order valence-corrected chi connectivity index (χ2v) is 3.05. The Morgan fingerprint density at radius 3 is 2.56 bits per heavy atom. The largest absolute Gasteiger partial charge is 0.480 e. The van der Waals surface area contributed by atoms with Gasteiger partial charge in [0.1, 0.15) is 0 Å². The Kier molecular flexibility index (Phi) is 3.82. The van der Waals surface area contributed by atoms with E-state index in [-0.39, 0.29) is 5.90 Å². The molecule has 6 nitrogen and oxygen atoms in total. The number of aliphatic imine (C=N–C) groups is 1. The first-order valence-electron chi connectivity index (χ1n) is 4.53. The summed E-state index contributed by atoms with van der Waals surface area (Å²) in [6.07, 6.45) is 3.82. The van der Waals surface area contributed by atoms with Crippen LogP contribution in [-0.4, -0.2) is 40.2 Å². The minimum absolute atomic E-state index is 0.0154. The van der Waals surface area contributed by atoms with Crippen LogP contribution in [0.1, 0.15) is 6.42 Å². The van der Waals surface area contributed by atoms with Crippen molar-refractivity contribution in [3.05, 3.63) is 24.8 Å². The maximum atomic E-state index is 10.7. The molecule has 1 aliphatic heterocycles. The average Bonchev–Trinajstić information content (AvgIpc) is 2.62. The molecule has 0 spiro atoms. The third-order valence-electron chi connectivity index (χ3n) is 1.86. The predicted octanol–water partition coefficient (Wildman–Crippen LogP) is 0.454. The van der Waals surface area contributed by atoms with Crippen molar-refractivity contribution in [2.24, 2.45) is 4.99 Å². The standard InChI is InChI=1S/C10H11NO5/c1-2-3-4-5-6-11-7(9(12)13)8(16-6)10(14)15/h2,4-5,7-8H,1,3H2,(H,12,13)(H,14,15). The SMILES string of the molecule is C=CCC=CC1=NC(C(=O)O)C(C(=O)O)O1. The summed E-state index contributed by atoms with van der Waals surface area (Å²) in [7, 11) is 0. The number of allylic oxidation sites excluding steroid dienone is 2. The van der Waals surface area contributed by atoms with Crippen molar-refractivity contribution >= 4 is 17.8 Å². The summed E-state index contributed by atoms with van der Waals surface area (Å²) in [5, 5.41) is 17.5. The van der Waals surface area contributed by atoms with Gasteiger partial charge in [-0.2, -0.15) is 0 Å². The van der Waals surface area contributed by atoms with E-state index in [0.29, 0.717) is 6.42 Å². The molecule has 1 aliphatic rings. The number of hydrogen-bond donors (Lipinski definition) is 2. The zero-order valence-electron chi connectivity index (χ0n) is 8.37. The smallest absolute Gasteiger partial charge is 0.347 e. The molecule has 16 heavy (non-hydrogen) atoms. The summed E-state index contributed by atoms with van der Waals surface area (Å²) in [5.41, 5.74) is 0. The highest BCUT2D eigenvalue weighted by atomic mass is 16.5. The fourth-order valence-electron chi connectivity index (χ4n) is 1.15. The molecule has 6 heteroatoms. The second kappa shape index (κ2) is 5.11. The number of aliphatic carboxylic acids is 2. The molecule has 0 amide bonds. The Balaban J connectivity index is 2.76. The molecular weight excluding hydrogens is 214 g/mol. The zero-order chi connectivity index (χ0) is 12.1. The van der Waals surface area contributed by atoms with E-state index in [4.69, 9.17) is 14.9 Å². The van der Waals surface area contributed by atoms with E-state index >= 15 is 0 Å². The van der Waals surface area contributed by atoms with Gasteiger partial charge >= 0.3 is 11.9 Å². The molecule has 86 valence electrons. The van der Waals surface area contributed by atoms with E-state index in [2.05, 4.69) is 11.6 Å². The molecule has 1 rings (SSSR count). The molecular formula is C10H11NO5. The van der Waals surface area contributed by atoms with Gasteiger partial charge in [-0.3, -0.25) is 0 Å². The fourth-order valence-corrected chi connectivity index (χ4v) is 1.15. The van der Waals surface area contributed by atoms with Crippen molar-refractivity contribution in [3.8, 4) is 0 Å². The third-order valence-corrected chi connectivity index (χ3v) is 1.86. The van der Waals surface area contributed by atoms with Crippen molar-refractivity contribution < 1.29 is 24.5 Å². The van der Waals surface area contributed by atoms with Crippen LogP contribution >= 0.6 is 0 Å². The Morgan fingerprint density at radius 2 is 2.12 bits per heavy atom. The van der Waals surface area contributed by atoms with E-state index < -0.39 is 24.1 Å². The lowest BCUT2D eigenvalue weighted by molar-refractivity contribution is -0.152. The summed E-state index contributed by atoms with van der Waals surface area (Å²) in [5.74, 6) is -2.65. The van der Waals surface area contributed by atoms with Crippen LogP contribution in [-0.2, 0) is 14.3 Å². The summed E-state index contributed by atoms with van der Waals surface area (Å²) in [6.45, 7) is 3.49. The summed E-state index contributed by atoms with van der Waals surface area (Å²) >= 11 is 0. The number of hydrogen-bond acceptors (Lipinski definition) is 4. The molecule has 2 atom stereocenters. The fraction of sp³-hybridized carbons (Fsp3) is 0.300. The number of ether oxygens (including phenoxy) is 1. The van der Waals surface area contributed by atoms with Gasteiger partial charge in [0.2, 0.25) is 12.0 Å². The van der Waals surface area contributed by atoms with Crippen molar-refractivity contribution in [1.29, 1.82) is 0 Å². The van der Waals surface area contributed by atoms with Crippen LogP contribution < -0.4 is 0 Å². The molecule has 0 aliphatic carbocycles. The number of nitrogens with zero attached hydrogens (tertiary/aromatic N) is 1. The first-order valence-corrected chi connectivity index (χ1v) is 4.53. The lowest BCUT2D eigenvalue weighted by Gasteiger charge is -2.08. The van der Waals surface area contributed by atoms with Gasteiger partial charge < -0.3 is 14.9 Å². The number of carbonyl (C=O) groups is 2. The molecule has 0 bridgehead atoms. The number of rotatable bonds is 5. The normalized spacial score (nSPS) is 23.9. The van der Waals surface area contributed by atoms with Crippen molar-refractivity contribution in [3.63, 3.8) is 0 Å². The Bertz CT molecular complexity index is 371. The monoisotopic (exact) mass is 225 g/mol. The van der Waals surface area contributed by atoms with Crippen LogP contribution in [0.3, 0.4) is 0 Å². The molecule has 0 aromatic heterocycles. The molecule has 0 radical (unpaired) electrons. The van der Waals surface area contributed by atoms with E-state index in [9.17, 15) is 9.59 Å². The number of carboxylic acid groups (broad SMARTS) is 2. The van der Waals surface area contributed by atoms with Gasteiger partial charge in [0, 0.05) is 0 Å². The first kappa shape index (κ1) is 12.0. The third kappa shape index (κ3) is 2.69. The molecule has 0 aromatic rings. The highest BCUT2D eigenvalue weighted by molar-refractivity contribution is 5.97. The molecule has 0 saturated heterocycles. The molecule has 2 unspecified atom stereocenters.